The number of likely N-dealkylation sites (tertiary alicyclic amines) is 1. The van der Waals surface area contributed by atoms with Crippen LogP contribution in [-0.4, -0.2) is 35.1 Å². The first-order valence-electron chi connectivity index (χ1n) is 6.87. The van der Waals surface area contributed by atoms with E-state index in [0.717, 1.165) is 12.5 Å². The topological polar surface area (TPSA) is 40.5 Å². The summed E-state index contributed by atoms with van der Waals surface area (Å²) >= 11 is 0. The summed E-state index contributed by atoms with van der Waals surface area (Å²) in [6.45, 7) is 2.89. The standard InChI is InChI=1S/C15H19F2NO2/c1-10(19)12-7-8-18(9-12)14(20)6-5-11-3-2-4-13(16)15(11)17/h2-4,10,12,19H,5-9H2,1H3. The summed E-state index contributed by atoms with van der Waals surface area (Å²) in [5.41, 5.74) is 0.227. The Labute approximate surface area is 117 Å². The van der Waals surface area contributed by atoms with E-state index in [1.807, 2.05) is 0 Å². The van der Waals surface area contributed by atoms with Crippen molar-refractivity contribution < 1.29 is 18.7 Å². The Balaban J connectivity index is 1.88. The Morgan fingerprint density at radius 3 is 2.90 bits per heavy atom. The number of nitrogens with zero attached hydrogens (tertiary/aromatic N) is 1. The number of aryl methyl sites for hydroxylation is 1. The molecule has 0 bridgehead atoms. The largest absolute Gasteiger partial charge is 0.393 e. The molecule has 1 aromatic rings. The molecule has 2 rings (SSSR count). The number of aliphatic hydroxyl groups excluding tert-OH is 1. The van der Waals surface area contributed by atoms with Crippen molar-refractivity contribution in [2.45, 2.75) is 32.3 Å². The zero-order valence-corrected chi connectivity index (χ0v) is 11.5. The predicted molar refractivity (Wildman–Crippen MR) is 71.0 cm³/mol. The number of benzene rings is 1. The summed E-state index contributed by atoms with van der Waals surface area (Å²) in [6, 6.07) is 4.00. The number of amides is 1. The van der Waals surface area contributed by atoms with Crippen LogP contribution in [0.3, 0.4) is 0 Å². The molecular weight excluding hydrogens is 264 g/mol. The van der Waals surface area contributed by atoms with Gasteiger partial charge in [0.1, 0.15) is 0 Å². The van der Waals surface area contributed by atoms with Crippen LogP contribution >= 0.6 is 0 Å². The summed E-state index contributed by atoms with van der Waals surface area (Å²) in [6.07, 6.45) is 0.719. The van der Waals surface area contributed by atoms with Crippen LogP contribution in [0.4, 0.5) is 8.78 Å². The fourth-order valence-corrected chi connectivity index (χ4v) is 2.55. The average molecular weight is 283 g/mol. The summed E-state index contributed by atoms with van der Waals surface area (Å²) in [5.74, 6) is -1.71. The van der Waals surface area contributed by atoms with E-state index in [2.05, 4.69) is 0 Å². The van der Waals surface area contributed by atoms with Crippen molar-refractivity contribution in [1.29, 1.82) is 0 Å². The summed E-state index contributed by atoms with van der Waals surface area (Å²) < 4.78 is 26.5. The highest BCUT2D eigenvalue weighted by Gasteiger charge is 2.28. The molecule has 1 aliphatic heterocycles. The Morgan fingerprint density at radius 2 is 2.25 bits per heavy atom. The number of halogens is 2. The normalized spacial score (nSPS) is 20.2. The van der Waals surface area contributed by atoms with Gasteiger partial charge in [0.05, 0.1) is 6.10 Å². The molecule has 0 spiro atoms. The Hall–Kier alpha value is -1.49. The van der Waals surface area contributed by atoms with E-state index in [1.54, 1.807) is 11.8 Å². The number of hydrogen-bond acceptors (Lipinski definition) is 2. The van der Waals surface area contributed by atoms with Crippen molar-refractivity contribution in [3.8, 4) is 0 Å². The van der Waals surface area contributed by atoms with Gasteiger partial charge in [-0.05, 0) is 31.4 Å². The van der Waals surface area contributed by atoms with Crippen LogP contribution in [0.25, 0.3) is 0 Å². The second kappa shape index (κ2) is 6.31. The van der Waals surface area contributed by atoms with Crippen molar-refractivity contribution >= 4 is 5.91 Å². The third-order valence-electron chi connectivity index (χ3n) is 3.90. The summed E-state index contributed by atoms with van der Waals surface area (Å²) in [5, 5.41) is 9.50. The van der Waals surface area contributed by atoms with Gasteiger partial charge in [-0.25, -0.2) is 8.78 Å². The van der Waals surface area contributed by atoms with Crippen molar-refractivity contribution in [3.05, 3.63) is 35.4 Å². The molecule has 0 saturated carbocycles. The second-order valence-electron chi connectivity index (χ2n) is 5.34. The molecule has 110 valence electrons. The first-order valence-corrected chi connectivity index (χ1v) is 6.87. The second-order valence-corrected chi connectivity index (χ2v) is 5.34. The lowest BCUT2D eigenvalue weighted by atomic mass is 10.0. The monoisotopic (exact) mass is 283 g/mol. The lowest BCUT2D eigenvalue weighted by Crippen LogP contribution is -2.30. The molecule has 0 aliphatic carbocycles. The highest BCUT2D eigenvalue weighted by molar-refractivity contribution is 5.76. The van der Waals surface area contributed by atoms with Crippen LogP contribution in [-0.2, 0) is 11.2 Å². The number of aliphatic hydroxyl groups is 1. The van der Waals surface area contributed by atoms with Gasteiger partial charge in [0.15, 0.2) is 11.6 Å². The average Bonchev–Trinajstić information content (AvgIpc) is 2.90. The Bertz CT molecular complexity index is 491. The van der Waals surface area contributed by atoms with Crippen molar-refractivity contribution in [2.75, 3.05) is 13.1 Å². The van der Waals surface area contributed by atoms with Crippen molar-refractivity contribution in [3.63, 3.8) is 0 Å². The maximum atomic E-state index is 13.5. The molecule has 1 aromatic carbocycles. The molecule has 0 radical (unpaired) electrons. The van der Waals surface area contributed by atoms with E-state index in [4.69, 9.17) is 0 Å². The molecule has 1 N–H and O–H groups in total. The fraction of sp³-hybridized carbons (Fsp3) is 0.533. The molecule has 2 atom stereocenters. The van der Waals surface area contributed by atoms with Crippen molar-refractivity contribution in [2.24, 2.45) is 5.92 Å². The quantitative estimate of drug-likeness (QED) is 0.919. The van der Waals surface area contributed by atoms with E-state index in [1.165, 1.54) is 12.1 Å². The molecule has 5 heteroatoms. The summed E-state index contributed by atoms with van der Waals surface area (Å²) in [7, 11) is 0. The van der Waals surface area contributed by atoms with Gasteiger partial charge < -0.3 is 10.0 Å². The molecular formula is C15H19F2NO2. The molecule has 0 aromatic heterocycles. The maximum Gasteiger partial charge on any atom is 0.222 e. The Kier molecular flexibility index (Phi) is 4.70. The summed E-state index contributed by atoms with van der Waals surface area (Å²) in [4.78, 5) is 13.7. The third-order valence-corrected chi connectivity index (χ3v) is 3.90. The minimum absolute atomic E-state index is 0.0724. The minimum Gasteiger partial charge on any atom is -0.393 e. The van der Waals surface area contributed by atoms with Gasteiger partial charge in [0.25, 0.3) is 0 Å². The lowest BCUT2D eigenvalue weighted by Gasteiger charge is -2.17. The minimum atomic E-state index is -0.884. The van der Waals surface area contributed by atoms with Crippen LogP contribution in [0.5, 0.6) is 0 Å². The third kappa shape index (κ3) is 3.33. The van der Waals surface area contributed by atoms with Gasteiger partial charge in [-0.1, -0.05) is 12.1 Å². The van der Waals surface area contributed by atoms with E-state index < -0.39 is 17.7 Å². The smallest absolute Gasteiger partial charge is 0.222 e. The van der Waals surface area contributed by atoms with Gasteiger partial charge in [-0.3, -0.25) is 4.79 Å². The van der Waals surface area contributed by atoms with Gasteiger partial charge in [0, 0.05) is 25.4 Å². The number of carbonyl (C=O) groups is 1. The highest BCUT2D eigenvalue weighted by Crippen LogP contribution is 2.21. The lowest BCUT2D eigenvalue weighted by molar-refractivity contribution is -0.130. The van der Waals surface area contributed by atoms with E-state index in [0.29, 0.717) is 13.1 Å². The van der Waals surface area contributed by atoms with Crippen LogP contribution in [0.15, 0.2) is 18.2 Å². The number of rotatable bonds is 4. The van der Waals surface area contributed by atoms with Crippen LogP contribution < -0.4 is 0 Å². The molecule has 1 amide bonds. The van der Waals surface area contributed by atoms with E-state index >= 15 is 0 Å². The first-order chi connectivity index (χ1) is 9.49. The van der Waals surface area contributed by atoms with Gasteiger partial charge in [-0.2, -0.15) is 0 Å². The van der Waals surface area contributed by atoms with Crippen LogP contribution in [0.1, 0.15) is 25.3 Å². The van der Waals surface area contributed by atoms with Gasteiger partial charge in [0.2, 0.25) is 5.91 Å². The zero-order chi connectivity index (χ0) is 14.7. The fourth-order valence-electron chi connectivity index (χ4n) is 2.55. The molecule has 1 saturated heterocycles. The van der Waals surface area contributed by atoms with Crippen LogP contribution in [0.2, 0.25) is 0 Å². The Morgan fingerprint density at radius 1 is 1.50 bits per heavy atom. The molecule has 20 heavy (non-hydrogen) atoms. The van der Waals surface area contributed by atoms with Gasteiger partial charge >= 0.3 is 0 Å². The molecule has 2 unspecified atom stereocenters. The van der Waals surface area contributed by atoms with Crippen molar-refractivity contribution in [1.82, 2.24) is 4.90 Å². The molecule has 1 aliphatic rings. The van der Waals surface area contributed by atoms with E-state index in [9.17, 15) is 18.7 Å². The number of carbonyl (C=O) groups excluding carboxylic acids is 1. The maximum absolute atomic E-state index is 13.5. The number of hydrogen-bond donors (Lipinski definition) is 1. The van der Waals surface area contributed by atoms with E-state index in [-0.39, 0.29) is 30.2 Å². The van der Waals surface area contributed by atoms with Gasteiger partial charge in [-0.15, -0.1) is 0 Å². The highest BCUT2D eigenvalue weighted by atomic mass is 19.2. The SMILES string of the molecule is CC(O)C1CCN(C(=O)CCc2cccc(F)c2F)C1. The predicted octanol–water partition coefficient (Wildman–Crippen LogP) is 2.13. The molecule has 3 nitrogen and oxygen atoms in total. The van der Waals surface area contributed by atoms with Crippen LogP contribution in [0, 0.1) is 17.6 Å². The first kappa shape index (κ1) is 14.9. The zero-order valence-electron chi connectivity index (χ0n) is 11.5. The molecule has 1 fully saturated rings. The molecule has 1 heterocycles.